The maximum Gasteiger partial charge on any atom is 0.422 e. The van der Waals surface area contributed by atoms with Crippen LogP contribution in [-0.2, 0) is 4.84 Å². The van der Waals surface area contributed by atoms with Crippen molar-refractivity contribution >= 4 is 34.6 Å². The molecule has 0 saturated carbocycles. The summed E-state index contributed by atoms with van der Waals surface area (Å²) < 4.78 is 45.0. The summed E-state index contributed by atoms with van der Waals surface area (Å²) in [6, 6.07) is 7.33. The first-order valence-corrected chi connectivity index (χ1v) is 10.5. The van der Waals surface area contributed by atoms with E-state index in [1.807, 2.05) is 0 Å². The average Bonchev–Trinajstić information content (AvgIpc) is 3.45. The van der Waals surface area contributed by atoms with E-state index in [-0.39, 0.29) is 27.9 Å². The Kier molecular flexibility index (Phi) is 6.81. The molecule has 0 aromatic carbocycles. The van der Waals surface area contributed by atoms with Crippen LogP contribution in [0.3, 0.4) is 0 Å². The molecule has 2 amide bonds. The van der Waals surface area contributed by atoms with E-state index in [2.05, 4.69) is 26.0 Å². The van der Waals surface area contributed by atoms with Crippen molar-refractivity contribution in [2.75, 3.05) is 19.0 Å². The molecular formula is C21H17ClF3N7O4. The highest BCUT2D eigenvalue weighted by Crippen LogP contribution is 2.27. The molecule has 0 aliphatic carbocycles. The lowest BCUT2D eigenvalue weighted by Gasteiger charge is -2.15. The zero-order chi connectivity index (χ0) is 26.0. The van der Waals surface area contributed by atoms with Crippen LogP contribution in [0.2, 0.25) is 5.02 Å². The predicted molar refractivity (Wildman–Crippen MR) is 120 cm³/mol. The topological polar surface area (TPSA) is 125 Å². The van der Waals surface area contributed by atoms with Gasteiger partial charge in [-0.1, -0.05) is 11.6 Å². The van der Waals surface area contributed by atoms with Gasteiger partial charge in [-0.3, -0.25) is 14.4 Å². The maximum absolute atomic E-state index is 13.4. The van der Waals surface area contributed by atoms with E-state index >= 15 is 0 Å². The van der Waals surface area contributed by atoms with Gasteiger partial charge < -0.3 is 10.1 Å². The Hall–Kier alpha value is -4.17. The zero-order valence-electron chi connectivity index (χ0n) is 18.6. The molecule has 0 fully saturated rings. The van der Waals surface area contributed by atoms with E-state index in [1.54, 1.807) is 19.1 Å². The lowest BCUT2D eigenvalue weighted by Crippen LogP contribution is -2.28. The number of ether oxygens (including phenoxy) is 1. The van der Waals surface area contributed by atoms with E-state index in [4.69, 9.17) is 21.2 Å². The molecule has 4 heterocycles. The van der Waals surface area contributed by atoms with Crippen molar-refractivity contribution in [1.29, 1.82) is 0 Å². The van der Waals surface area contributed by atoms with Gasteiger partial charge in [-0.05, 0) is 36.8 Å². The average molecular weight is 524 g/mol. The van der Waals surface area contributed by atoms with Crippen molar-refractivity contribution in [3.8, 4) is 11.7 Å². The minimum Gasteiger partial charge on any atom is -0.467 e. The lowest BCUT2D eigenvalue weighted by atomic mass is 10.1. The van der Waals surface area contributed by atoms with Gasteiger partial charge in [0, 0.05) is 12.3 Å². The molecule has 15 heteroatoms. The number of hydrogen-bond acceptors (Lipinski definition) is 7. The van der Waals surface area contributed by atoms with Gasteiger partial charge in [0.15, 0.2) is 18.1 Å². The summed E-state index contributed by atoms with van der Waals surface area (Å²) in [7, 11) is 1.24. The minimum atomic E-state index is -4.63. The molecule has 0 radical (unpaired) electrons. The molecule has 4 aromatic rings. The standard InChI is InChI=1S/C21H17ClF3N7O4/c1-11-8-12-5-7-27-31(12)17(20(34)30-35-2)16(11)28-19(33)14-9-15(36-10-21(23,24)25)29-32(14)18-13(22)4-3-6-26-18/h3-9H,10H2,1-2H3,(H,28,33)(H,30,34). The van der Waals surface area contributed by atoms with Crippen LogP contribution in [0.1, 0.15) is 26.5 Å². The summed E-state index contributed by atoms with van der Waals surface area (Å²) in [4.78, 5) is 34.9. The molecule has 4 aromatic heterocycles. The Balaban J connectivity index is 1.79. The summed E-state index contributed by atoms with van der Waals surface area (Å²) in [5.74, 6) is -2.06. The van der Waals surface area contributed by atoms with Gasteiger partial charge in [0.05, 0.1) is 29.5 Å². The van der Waals surface area contributed by atoms with E-state index < -0.39 is 30.5 Å². The summed E-state index contributed by atoms with van der Waals surface area (Å²) in [6.45, 7) is 0.0222. The molecule has 2 N–H and O–H groups in total. The van der Waals surface area contributed by atoms with Crippen LogP contribution in [0.4, 0.5) is 18.9 Å². The second-order valence-corrected chi connectivity index (χ2v) is 7.71. The molecule has 0 unspecified atom stereocenters. The number of amides is 2. The van der Waals surface area contributed by atoms with Gasteiger partial charge in [0.25, 0.3) is 11.8 Å². The van der Waals surface area contributed by atoms with Crippen molar-refractivity contribution in [3.05, 3.63) is 64.7 Å². The quantitative estimate of drug-likeness (QED) is 0.356. The second-order valence-electron chi connectivity index (χ2n) is 7.30. The van der Waals surface area contributed by atoms with E-state index in [9.17, 15) is 22.8 Å². The third-order valence-corrected chi connectivity index (χ3v) is 5.07. The van der Waals surface area contributed by atoms with Crippen molar-refractivity contribution < 1.29 is 32.3 Å². The number of rotatable bonds is 7. The van der Waals surface area contributed by atoms with Gasteiger partial charge in [0.2, 0.25) is 5.88 Å². The van der Waals surface area contributed by atoms with E-state index in [0.29, 0.717) is 11.1 Å². The van der Waals surface area contributed by atoms with Crippen molar-refractivity contribution in [3.63, 3.8) is 0 Å². The van der Waals surface area contributed by atoms with Crippen LogP contribution in [0.15, 0.2) is 42.7 Å². The van der Waals surface area contributed by atoms with Gasteiger partial charge in [0.1, 0.15) is 5.69 Å². The highest BCUT2D eigenvalue weighted by atomic mass is 35.5. The Labute approximate surface area is 205 Å². The molecule has 0 bridgehead atoms. The summed E-state index contributed by atoms with van der Waals surface area (Å²) in [6.07, 6.45) is -1.80. The highest BCUT2D eigenvalue weighted by molar-refractivity contribution is 6.32. The van der Waals surface area contributed by atoms with Crippen molar-refractivity contribution in [1.82, 2.24) is 29.9 Å². The number of nitrogens with one attached hydrogen (secondary N) is 2. The van der Waals surface area contributed by atoms with Crippen LogP contribution in [0, 0.1) is 6.92 Å². The van der Waals surface area contributed by atoms with Crippen molar-refractivity contribution in [2.45, 2.75) is 13.1 Å². The molecule has 188 valence electrons. The van der Waals surface area contributed by atoms with Gasteiger partial charge in [-0.25, -0.2) is 19.7 Å². The number of carbonyl (C=O) groups is 2. The molecule has 0 atom stereocenters. The number of nitrogens with zero attached hydrogens (tertiary/aromatic N) is 5. The smallest absolute Gasteiger partial charge is 0.422 e. The van der Waals surface area contributed by atoms with E-state index in [1.165, 1.54) is 36.2 Å². The summed E-state index contributed by atoms with van der Waals surface area (Å²) >= 11 is 6.18. The van der Waals surface area contributed by atoms with Gasteiger partial charge >= 0.3 is 6.18 Å². The normalized spacial score (nSPS) is 11.5. The maximum atomic E-state index is 13.4. The molecule has 0 saturated heterocycles. The molecule has 11 nitrogen and oxygen atoms in total. The fourth-order valence-corrected chi connectivity index (χ4v) is 3.53. The Bertz CT molecular complexity index is 1450. The number of carbonyl (C=O) groups excluding carboxylic acids is 2. The molecule has 0 aliphatic heterocycles. The van der Waals surface area contributed by atoms with Gasteiger partial charge in [-0.15, -0.1) is 5.10 Å². The van der Waals surface area contributed by atoms with Gasteiger partial charge in [-0.2, -0.15) is 18.3 Å². The Morgan fingerprint density at radius 1 is 1.17 bits per heavy atom. The summed E-state index contributed by atoms with van der Waals surface area (Å²) in [5, 5.41) is 10.7. The fraction of sp³-hybridized carbons (Fsp3) is 0.190. The molecule has 0 spiro atoms. The third kappa shape index (κ3) is 5.08. The van der Waals surface area contributed by atoms with Crippen LogP contribution in [-0.4, -0.2) is 56.1 Å². The Morgan fingerprint density at radius 3 is 2.64 bits per heavy atom. The van der Waals surface area contributed by atoms with E-state index in [0.717, 1.165) is 10.7 Å². The monoisotopic (exact) mass is 523 g/mol. The minimum absolute atomic E-state index is 0.0252. The number of anilines is 1. The number of hydrogen-bond donors (Lipinski definition) is 2. The SMILES string of the molecule is CONC(=O)c1c(NC(=O)c2cc(OCC(F)(F)F)nn2-c2ncccc2Cl)c(C)cc2ccnn12. The number of hydroxylamine groups is 1. The third-order valence-electron chi connectivity index (χ3n) is 4.77. The summed E-state index contributed by atoms with van der Waals surface area (Å²) in [5.41, 5.74) is 3.00. The number of fused-ring (bicyclic) bond motifs is 1. The largest absolute Gasteiger partial charge is 0.467 e. The predicted octanol–water partition coefficient (Wildman–Crippen LogP) is 3.36. The first-order chi connectivity index (χ1) is 17.1. The van der Waals surface area contributed by atoms with Crippen LogP contribution in [0.5, 0.6) is 5.88 Å². The number of aromatic nitrogens is 5. The molecular weight excluding hydrogens is 507 g/mol. The molecule has 36 heavy (non-hydrogen) atoms. The fourth-order valence-electron chi connectivity index (χ4n) is 3.32. The first-order valence-electron chi connectivity index (χ1n) is 10.1. The number of aryl methyl sites for hydroxylation is 1. The van der Waals surface area contributed by atoms with Crippen LogP contribution in [0.25, 0.3) is 11.3 Å². The van der Waals surface area contributed by atoms with Crippen LogP contribution < -0.4 is 15.5 Å². The lowest BCUT2D eigenvalue weighted by molar-refractivity contribution is -0.154. The number of pyridine rings is 2. The number of halogens is 4. The second kappa shape index (κ2) is 9.83. The molecule has 0 aliphatic rings. The Morgan fingerprint density at radius 2 is 1.94 bits per heavy atom. The number of alkyl halides is 3. The highest BCUT2D eigenvalue weighted by Gasteiger charge is 2.30. The molecule has 4 rings (SSSR count). The first kappa shape index (κ1) is 24.9. The van der Waals surface area contributed by atoms with Crippen LogP contribution >= 0.6 is 11.6 Å². The van der Waals surface area contributed by atoms with Crippen molar-refractivity contribution in [2.24, 2.45) is 0 Å². The zero-order valence-corrected chi connectivity index (χ0v) is 19.4.